The van der Waals surface area contributed by atoms with E-state index < -0.39 is 11.6 Å². The molecule has 0 radical (unpaired) electrons. The van der Waals surface area contributed by atoms with Gasteiger partial charge in [-0.25, -0.2) is 8.78 Å². The Hall–Kier alpha value is -0.770. The average molecular weight is 249 g/mol. The fourth-order valence-corrected chi connectivity index (χ4v) is 1.26. The molecule has 0 bridgehead atoms. The van der Waals surface area contributed by atoms with Gasteiger partial charge >= 0.3 is 0 Å². The maximum atomic E-state index is 12.6. The molecule has 0 N–H and O–H groups in total. The Bertz CT molecular complexity index is 325. The first kappa shape index (κ1) is 10.3. The maximum absolute atomic E-state index is 12.6. The Morgan fingerprint density at radius 2 is 2.00 bits per heavy atom. The smallest absolute Gasteiger partial charge is 0.163 e. The average Bonchev–Trinajstić information content (AvgIpc) is 2.10. The van der Waals surface area contributed by atoms with Crippen molar-refractivity contribution >= 4 is 21.7 Å². The van der Waals surface area contributed by atoms with E-state index in [4.69, 9.17) is 0 Å². The molecular formula is C9H7BrF2O. The van der Waals surface area contributed by atoms with Gasteiger partial charge in [-0.15, -0.1) is 0 Å². The van der Waals surface area contributed by atoms with E-state index in [0.717, 1.165) is 12.1 Å². The number of hydrogen-bond donors (Lipinski definition) is 0. The molecule has 13 heavy (non-hydrogen) atoms. The molecule has 0 heterocycles. The van der Waals surface area contributed by atoms with E-state index in [1.165, 1.54) is 6.07 Å². The molecule has 0 aliphatic carbocycles. The minimum atomic E-state index is -0.986. The van der Waals surface area contributed by atoms with Crippen LogP contribution in [0.3, 0.4) is 0 Å². The molecule has 0 fully saturated rings. The van der Waals surface area contributed by atoms with Crippen LogP contribution in [0.5, 0.6) is 0 Å². The van der Waals surface area contributed by atoms with Gasteiger partial charge in [0.25, 0.3) is 0 Å². The minimum absolute atomic E-state index is 0.198. The molecule has 0 aromatic heterocycles. The van der Waals surface area contributed by atoms with Crippen molar-refractivity contribution in [1.29, 1.82) is 0 Å². The lowest BCUT2D eigenvalue weighted by Crippen LogP contribution is -2.00. The van der Waals surface area contributed by atoms with Gasteiger partial charge < -0.3 is 0 Å². The Kier molecular flexibility index (Phi) is 3.54. The number of carbonyl (C=O) groups is 1. The lowest BCUT2D eigenvalue weighted by atomic mass is 10.1. The first-order chi connectivity index (χ1) is 6.15. The molecule has 1 nitrogen and oxygen atoms in total. The first-order valence-corrected chi connectivity index (χ1v) is 4.81. The predicted molar refractivity (Wildman–Crippen MR) is 49.1 cm³/mol. The summed E-state index contributed by atoms with van der Waals surface area (Å²) in [6.07, 6.45) is 0.283. The summed E-state index contributed by atoms with van der Waals surface area (Å²) in [5.74, 6) is -2.12. The van der Waals surface area contributed by atoms with Crippen LogP contribution in [0.15, 0.2) is 18.2 Å². The van der Waals surface area contributed by atoms with Crippen molar-refractivity contribution in [1.82, 2.24) is 0 Å². The van der Waals surface area contributed by atoms with E-state index in [1.54, 1.807) is 0 Å². The second kappa shape index (κ2) is 4.46. The first-order valence-electron chi connectivity index (χ1n) is 3.69. The quantitative estimate of drug-likeness (QED) is 0.594. The van der Waals surface area contributed by atoms with Crippen LogP contribution in [0.25, 0.3) is 0 Å². The van der Waals surface area contributed by atoms with Gasteiger partial charge in [0.2, 0.25) is 0 Å². The highest BCUT2D eigenvalue weighted by Gasteiger charge is 2.08. The predicted octanol–water partition coefficient (Wildman–Crippen LogP) is 2.93. The van der Waals surface area contributed by atoms with Crippen molar-refractivity contribution in [3.8, 4) is 0 Å². The maximum Gasteiger partial charge on any atom is 0.163 e. The zero-order valence-corrected chi connectivity index (χ0v) is 8.27. The Labute approximate surface area is 82.9 Å². The summed E-state index contributed by atoms with van der Waals surface area (Å²) in [6, 6.07) is 3.15. The van der Waals surface area contributed by atoms with Crippen molar-refractivity contribution in [3.05, 3.63) is 35.4 Å². The molecule has 0 saturated carbocycles. The molecule has 0 spiro atoms. The molecule has 4 heteroatoms. The topological polar surface area (TPSA) is 17.1 Å². The molecule has 70 valence electrons. The summed E-state index contributed by atoms with van der Waals surface area (Å²) in [4.78, 5) is 11.2. The van der Waals surface area contributed by atoms with Crippen LogP contribution in [0.4, 0.5) is 8.78 Å². The van der Waals surface area contributed by atoms with Gasteiger partial charge in [0.1, 0.15) is 0 Å². The summed E-state index contributed by atoms with van der Waals surface area (Å²) in [6.45, 7) is 0. The van der Waals surface area contributed by atoms with Crippen LogP contribution < -0.4 is 0 Å². The molecular weight excluding hydrogens is 242 g/mol. The molecule has 0 aliphatic heterocycles. The third kappa shape index (κ3) is 2.59. The standard InChI is InChI=1S/C9H7BrF2O/c10-4-3-9(13)6-1-2-7(11)8(12)5-6/h1-2,5H,3-4H2. The lowest BCUT2D eigenvalue weighted by Gasteiger charge is -1.98. The molecule has 1 rings (SSSR count). The molecule has 0 amide bonds. The van der Waals surface area contributed by atoms with E-state index >= 15 is 0 Å². The Morgan fingerprint density at radius 1 is 1.31 bits per heavy atom. The number of rotatable bonds is 3. The summed E-state index contributed by atoms with van der Waals surface area (Å²) < 4.78 is 25.1. The zero-order chi connectivity index (χ0) is 9.84. The molecule has 0 aliphatic rings. The van der Waals surface area contributed by atoms with Gasteiger partial charge in [-0.1, -0.05) is 15.9 Å². The highest BCUT2D eigenvalue weighted by Crippen LogP contribution is 2.10. The number of halogens is 3. The van der Waals surface area contributed by atoms with Crippen molar-refractivity contribution in [2.45, 2.75) is 6.42 Å². The van der Waals surface area contributed by atoms with Crippen molar-refractivity contribution < 1.29 is 13.6 Å². The summed E-state index contributed by atoms with van der Waals surface area (Å²) in [7, 11) is 0. The van der Waals surface area contributed by atoms with E-state index in [0.29, 0.717) is 5.33 Å². The van der Waals surface area contributed by atoms with Gasteiger partial charge in [-0.05, 0) is 18.2 Å². The summed E-state index contributed by atoms with van der Waals surface area (Å²) in [5, 5.41) is 0.519. The third-order valence-electron chi connectivity index (χ3n) is 1.56. The zero-order valence-electron chi connectivity index (χ0n) is 6.69. The van der Waals surface area contributed by atoms with Crippen molar-refractivity contribution in [2.75, 3.05) is 5.33 Å². The van der Waals surface area contributed by atoms with Crippen molar-refractivity contribution in [2.24, 2.45) is 0 Å². The minimum Gasteiger partial charge on any atom is -0.294 e. The SMILES string of the molecule is O=C(CCBr)c1ccc(F)c(F)c1. The highest BCUT2D eigenvalue weighted by molar-refractivity contribution is 9.09. The van der Waals surface area contributed by atoms with Gasteiger partial charge in [0.15, 0.2) is 17.4 Å². The van der Waals surface area contributed by atoms with Crippen LogP contribution in [0, 0.1) is 11.6 Å². The Balaban J connectivity index is 2.90. The van der Waals surface area contributed by atoms with Crippen molar-refractivity contribution in [3.63, 3.8) is 0 Å². The normalized spacial score (nSPS) is 10.1. The molecule has 0 saturated heterocycles. The number of hydrogen-bond acceptors (Lipinski definition) is 1. The highest BCUT2D eigenvalue weighted by atomic mass is 79.9. The fraction of sp³-hybridized carbons (Fsp3) is 0.222. The third-order valence-corrected chi connectivity index (χ3v) is 1.96. The van der Waals surface area contributed by atoms with Crippen LogP contribution in [-0.4, -0.2) is 11.1 Å². The molecule has 0 unspecified atom stereocenters. The van der Waals surface area contributed by atoms with Crippen LogP contribution in [-0.2, 0) is 0 Å². The number of ketones is 1. The van der Waals surface area contributed by atoms with Gasteiger partial charge in [-0.3, -0.25) is 4.79 Å². The number of alkyl halides is 1. The van der Waals surface area contributed by atoms with Gasteiger partial charge in [0.05, 0.1) is 0 Å². The van der Waals surface area contributed by atoms with Crippen LogP contribution in [0.1, 0.15) is 16.8 Å². The van der Waals surface area contributed by atoms with Gasteiger partial charge in [-0.2, -0.15) is 0 Å². The molecule has 1 aromatic carbocycles. The molecule has 0 atom stereocenters. The van der Waals surface area contributed by atoms with E-state index in [2.05, 4.69) is 15.9 Å². The summed E-state index contributed by atoms with van der Waals surface area (Å²) in [5.41, 5.74) is 0.207. The fourth-order valence-electron chi connectivity index (χ4n) is 0.900. The van der Waals surface area contributed by atoms with E-state index in [-0.39, 0.29) is 17.8 Å². The van der Waals surface area contributed by atoms with Crippen LogP contribution in [0.2, 0.25) is 0 Å². The summed E-state index contributed by atoms with van der Waals surface area (Å²) >= 11 is 3.09. The molecule has 1 aromatic rings. The largest absolute Gasteiger partial charge is 0.294 e. The lowest BCUT2D eigenvalue weighted by molar-refractivity contribution is 0.0989. The van der Waals surface area contributed by atoms with Crippen LogP contribution >= 0.6 is 15.9 Å². The second-order valence-electron chi connectivity index (χ2n) is 2.49. The van der Waals surface area contributed by atoms with Gasteiger partial charge in [0, 0.05) is 17.3 Å². The number of Topliss-reactive ketones (excluding diaryl/α,β-unsaturated/α-hetero) is 1. The monoisotopic (exact) mass is 248 g/mol. The van der Waals surface area contributed by atoms with E-state index in [9.17, 15) is 13.6 Å². The number of carbonyl (C=O) groups excluding carboxylic acids is 1. The van der Waals surface area contributed by atoms with E-state index in [1.807, 2.05) is 0 Å². The second-order valence-corrected chi connectivity index (χ2v) is 3.28. The number of benzene rings is 1. The Morgan fingerprint density at radius 3 is 2.54 bits per heavy atom.